The number of nitrogens with zero attached hydrogens (tertiary/aromatic N) is 2. The van der Waals surface area contributed by atoms with Gasteiger partial charge in [0.15, 0.2) is 5.15 Å². The van der Waals surface area contributed by atoms with E-state index < -0.39 is 0 Å². The summed E-state index contributed by atoms with van der Waals surface area (Å²) in [6.07, 6.45) is 7.62. The van der Waals surface area contributed by atoms with Gasteiger partial charge in [-0.3, -0.25) is 0 Å². The molecule has 0 saturated heterocycles. The Morgan fingerprint density at radius 3 is 2.61 bits per heavy atom. The molecule has 0 unspecified atom stereocenters. The van der Waals surface area contributed by atoms with Crippen molar-refractivity contribution in [1.29, 1.82) is 0 Å². The lowest BCUT2D eigenvalue weighted by Crippen LogP contribution is -1.94. The molecule has 0 amide bonds. The van der Waals surface area contributed by atoms with E-state index in [-0.39, 0.29) is 0 Å². The molecule has 0 spiro atoms. The third kappa shape index (κ3) is 2.34. The van der Waals surface area contributed by atoms with E-state index in [1.807, 2.05) is 49.4 Å². The molecule has 0 radical (unpaired) electrons. The Bertz CT molecular complexity index is 642. The van der Waals surface area contributed by atoms with Crippen LogP contribution in [0.2, 0.25) is 5.15 Å². The average Bonchev–Trinajstić information content (AvgIpc) is 2.42. The van der Waals surface area contributed by atoms with Crippen molar-refractivity contribution in [2.75, 3.05) is 0 Å². The Morgan fingerprint density at radius 2 is 1.94 bits per heavy atom. The first-order chi connectivity index (χ1) is 8.77. The second kappa shape index (κ2) is 5.61. The summed E-state index contributed by atoms with van der Waals surface area (Å²) in [4.78, 5) is 0. The predicted octanol–water partition coefficient (Wildman–Crippen LogP) is 4.43. The number of aromatic nitrogens is 2. The summed E-state index contributed by atoms with van der Waals surface area (Å²) >= 11 is 6.05. The van der Waals surface area contributed by atoms with Crippen molar-refractivity contribution in [3.8, 4) is 0 Å². The quantitative estimate of drug-likeness (QED) is 0.760. The Labute approximate surface area is 111 Å². The fraction of sp³-hybridized carbons (Fsp3) is 0.0667. The zero-order valence-electron chi connectivity index (χ0n) is 10.1. The maximum atomic E-state index is 6.05. The van der Waals surface area contributed by atoms with E-state index in [1.165, 1.54) is 0 Å². The van der Waals surface area contributed by atoms with Gasteiger partial charge in [0.2, 0.25) is 0 Å². The fourth-order valence-corrected chi connectivity index (χ4v) is 1.93. The van der Waals surface area contributed by atoms with Crippen LogP contribution in [-0.4, -0.2) is 10.2 Å². The molecule has 90 valence electrons. The monoisotopic (exact) mass is 256 g/mol. The molecule has 0 atom stereocenters. The van der Waals surface area contributed by atoms with Gasteiger partial charge < -0.3 is 0 Å². The highest BCUT2D eigenvalue weighted by Gasteiger charge is 2.08. The number of fused-ring (bicyclic) bond motifs is 1. The second-order valence-corrected chi connectivity index (χ2v) is 4.09. The number of benzene rings is 1. The van der Waals surface area contributed by atoms with E-state index in [4.69, 9.17) is 11.6 Å². The standard InChI is InChI=1S/C15H13ClN2/c1-3-5-8-11(4-2)14-12-9-6-7-10-13(12)15(16)18-17-14/h3-10H,2H2,1H3/b5-3-,11-8+. The van der Waals surface area contributed by atoms with Crippen LogP contribution >= 0.6 is 11.6 Å². The molecular weight excluding hydrogens is 244 g/mol. The third-order valence-electron chi connectivity index (χ3n) is 2.60. The van der Waals surface area contributed by atoms with Crippen molar-refractivity contribution >= 4 is 27.9 Å². The van der Waals surface area contributed by atoms with Gasteiger partial charge in [-0.05, 0) is 6.92 Å². The smallest absolute Gasteiger partial charge is 0.148 e. The number of rotatable bonds is 3. The van der Waals surface area contributed by atoms with Crippen molar-refractivity contribution < 1.29 is 0 Å². The molecule has 2 aromatic rings. The molecule has 2 rings (SSSR count). The molecular formula is C15H13ClN2. The van der Waals surface area contributed by atoms with Gasteiger partial charge in [0.05, 0.1) is 0 Å². The molecule has 18 heavy (non-hydrogen) atoms. The summed E-state index contributed by atoms with van der Waals surface area (Å²) in [5.41, 5.74) is 1.72. The largest absolute Gasteiger partial charge is 0.159 e. The van der Waals surface area contributed by atoms with E-state index in [0.29, 0.717) is 5.15 Å². The van der Waals surface area contributed by atoms with Crippen LogP contribution in [0.3, 0.4) is 0 Å². The zero-order chi connectivity index (χ0) is 13.0. The molecule has 0 aliphatic heterocycles. The lowest BCUT2D eigenvalue weighted by Gasteiger charge is -2.06. The first-order valence-corrected chi connectivity index (χ1v) is 6.02. The Hall–Kier alpha value is -1.93. The second-order valence-electron chi connectivity index (χ2n) is 3.74. The maximum absolute atomic E-state index is 6.05. The van der Waals surface area contributed by atoms with Crippen LogP contribution in [0.25, 0.3) is 16.3 Å². The number of allylic oxidation sites excluding steroid dienone is 5. The molecule has 1 heterocycles. The summed E-state index contributed by atoms with van der Waals surface area (Å²) in [6.45, 7) is 5.78. The molecule has 0 aliphatic rings. The number of halogens is 1. The minimum absolute atomic E-state index is 0.420. The van der Waals surface area contributed by atoms with Gasteiger partial charge in [-0.1, -0.05) is 66.7 Å². The van der Waals surface area contributed by atoms with Crippen molar-refractivity contribution in [3.05, 3.63) is 66.0 Å². The fourth-order valence-electron chi connectivity index (χ4n) is 1.73. The van der Waals surface area contributed by atoms with Gasteiger partial charge in [-0.2, -0.15) is 0 Å². The summed E-state index contributed by atoms with van der Waals surface area (Å²) in [7, 11) is 0. The van der Waals surface area contributed by atoms with Crippen molar-refractivity contribution in [1.82, 2.24) is 10.2 Å². The van der Waals surface area contributed by atoms with Crippen LogP contribution in [0.1, 0.15) is 12.6 Å². The number of hydrogen-bond acceptors (Lipinski definition) is 2. The number of hydrogen-bond donors (Lipinski definition) is 0. The van der Waals surface area contributed by atoms with E-state index in [0.717, 1.165) is 22.0 Å². The van der Waals surface area contributed by atoms with Crippen LogP contribution in [0.5, 0.6) is 0 Å². The van der Waals surface area contributed by atoms with Crippen LogP contribution < -0.4 is 0 Å². The highest BCUT2D eigenvalue weighted by molar-refractivity contribution is 6.34. The first-order valence-electron chi connectivity index (χ1n) is 5.64. The highest BCUT2D eigenvalue weighted by Crippen LogP contribution is 2.27. The van der Waals surface area contributed by atoms with Crippen LogP contribution in [0.4, 0.5) is 0 Å². The van der Waals surface area contributed by atoms with Crippen LogP contribution in [0.15, 0.2) is 55.1 Å². The summed E-state index contributed by atoms with van der Waals surface area (Å²) in [5, 5.41) is 10.5. The predicted molar refractivity (Wildman–Crippen MR) is 77.5 cm³/mol. The maximum Gasteiger partial charge on any atom is 0.159 e. The molecule has 0 saturated carbocycles. The SMILES string of the molecule is C=C/C(=C\C=C/C)c1nnc(Cl)c2ccccc12. The minimum Gasteiger partial charge on any atom is -0.148 e. The average molecular weight is 257 g/mol. The summed E-state index contributed by atoms with van der Waals surface area (Å²) in [6, 6.07) is 7.81. The zero-order valence-corrected chi connectivity index (χ0v) is 10.9. The van der Waals surface area contributed by atoms with Gasteiger partial charge >= 0.3 is 0 Å². The van der Waals surface area contributed by atoms with E-state index in [9.17, 15) is 0 Å². The summed E-state index contributed by atoms with van der Waals surface area (Å²) < 4.78 is 0. The van der Waals surface area contributed by atoms with E-state index >= 15 is 0 Å². The van der Waals surface area contributed by atoms with Crippen molar-refractivity contribution in [3.63, 3.8) is 0 Å². The van der Waals surface area contributed by atoms with Gasteiger partial charge in [0, 0.05) is 16.3 Å². The van der Waals surface area contributed by atoms with E-state index in [1.54, 1.807) is 6.08 Å². The molecule has 0 aliphatic carbocycles. The molecule has 1 aromatic carbocycles. The Balaban J connectivity index is 2.71. The van der Waals surface area contributed by atoms with Gasteiger partial charge in [0.25, 0.3) is 0 Å². The summed E-state index contributed by atoms with van der Waals surface area (Å²) in [5.74, 6) is 0. The van der Waals surface area contributed by atoms with Gasteiger partial charge in [-0.15, -0.1) is 10.2 Å². The molecule has 0 fully saturated rings. The Kier molecular flexibility index (Phi) is 3.90. The van der Waals surface area contributed by atoms with Crippen LogP contribution in [-0.2, 0) is 0 Å². The lowest BCUT2D eigenvalue weighted by molar-refractivity contribution is 1.03. The first kappa shape index (κ1) is 12.5. The lowest BCUT2D eigenvalue weighted by atomic mass is 10.1. The van der Waals surface area contributed by atoms with Crippen molar-refractivity contribution in [2.45, 2.75) is 6.92 Å². The molecule has 1 aromatic heterocycles. The van der Waals surface area contributed by atoms with Gasteiger partial charge in [0.1, 0.15) is 5.69 Å². The molecule has 3 heteroatoms. The van der Waals surface area contributed by atoms with Crippen LogP contribution in [0, 0.1) is 0 Å². The van der Waals surface area contributed by atoms with E-state index in [2.05, 4.69) is 16.8 Å². The molecule has 0 N–H and O–H groups in total. The minimum atomic E-state index is 0.420. The van der Waals surface area contributed by atoms with Gasteiger partial charge in [-0.25, -0.2) is 0 Å². The Morgan fingerprint density at radius 1 is 1.22 bits per heavy atom. The molecule has 0 bridgehead atoms. The normalized spacial score (nSPS) is 12.2. The third-order valence-corrected chi connectivity index (χ3v) is 2.88. The highest BCUT2D eigenvalue weighted by atomic mass is 35.5. The molecule has 2 nitrogen and oxygen atoms in total. The van der Waals surface area contributed by atoms with Crippen molar-refractivity contribution in [2.24, 2.45) is 0 Å². The topological polar surface area (TPSA) is 25.8 Å².